The van der Waals surface area contributed by atoms with Gasteiger partial charge in [-0.25, -0.2) is 32.2 Å². The van der Waals surface area contributed by atoms with Gasteiger partial charge in [-0.15, -0.1) is 0 Å². The minimum Gasteiger partial charge on any atom is -0.326 e. The number of primary sulfonamides is 1. The highest BCUT2D eigenvalue weighted by molar-refractivity contribution is 7.89. The van der Waals surface area contributed by atoms with Crippen LogP contribution < -0.4 is 15.3 Å². The van der Waals surface area contributed by atoms with Gasteiger partial charge in [-0.1, -0.05) is 72.4 Å². The Labute approximate surface area is 272 Å². The van der Waals surface area contributed by atoms with E-state index in [2.05, 4.69) is 10.2 Å². The molecule has 3 aromatic carbocycles. The van der Waals surface area contributed by atoms with Gasteiger partial charge in [0.05, 0.1) is 29.7 Å². The van der Waals surface area contributed by atoms with Crippen molar-refractivity contribution in [3.63, 3.8) is 0 Å². The molecule has 4 N–H and O–H groups in total. The minimum atomic E-state index is -3.87. The Kier molecular flexibility index (Phi) is 9.90. The van der Waals surface area contributed by atoms with Gasteiger partial charge < -0.3 is 4.90 Å². The van der Waals surface area contributed by atoms with E-state index < -0.39 is 50.0 Å². The summed E-state index contributed by atoms with van der Waals surface area (Å²) >= 11 is 13.0. The first-order valence-electron chi connectivity index (χ1n) is 14.1. The lowest BCUT2D eigenvalue weighted by molar-refractivity contribution is -0.138. The number of amides is 2. The molecule has 1 saturated carbocycles. The van der Waals surface area contributed by atoms with Crippen LogP contribution in [0.15, 0.2) is 71.6 Å². The largest absolute Gasteiger partial charge is 0.326 e. The molecule has 4 atom stereocenters. The second-order valence-electron chi connectivity index (χ2n) is 11.2. The molecule has 15 heteroatoms. The number of rotatable bonds is 9. The van der Waals surface area contributed by atoms with E-state index in [1.54, 1.807) is 41.3 Å². The van der Waals surface area contributed by atoms with Crippen LogP contribution in [-0.2, 0) is 36.3 Å². The van der Waals surface area contributed by atoms with Gasteiger partial charge in [-0.05, 0) is 59.9 Å². The maximum absolute atomic E-state index is 14.3. The summed E-state index contributed by atoms with van der Waals surface area (Å²) in [5.74, 6) is -1.93. The fourth-order valence-corrected chi connectivity index (χ4v) is 8.02. The molecule has 0 spiro atoms. The molecule has 11 nitrogen and oxygen atoms in total. The molecule has 3 aromatic rings. The van der Waals surface area contributed by atoms with Crippen LogP contribution in [0.1, 0.15) is 64.7 Å². The normalized spacial score (nSPS) is 22.1. The summed E-state index contributed by atoms with van der Waals surface area (Å²) < 4.78 is 50.6. The summed E-state index contributed by atoms with van der Waals surface area (Å²) in [6.45, 7) is -0.0942. The number of nitrogens with two attached hydrogens (primary N) is 1. The van der Waals surface area contributed by atoms with Gasteiger partial charge in [0.15, 0.2) is 0 Å². The van der Waals surface area contributed by atoms with Gasteiger partial charge in [-0.2, -0.15) is 0 Å². The van der Waals surface area contributed by atoms with E-state index >= 15 is 0 Å². The number of hydrogen-bond acceptors (Lipinski definition) is 7. The first-order valence-corrected chi connectivity index (χ1v) is 18.3. The van der Waals surface area contributed by atoms with Gasteiger partial charge in [0.2, 0.25) is 20.0 Å². The first kappa shape index (κ1) is 33.3. The van der Waals surface area contributed by atoms with E-state index in [9.17, 15) is 26.4 Å². The lowest BCUT2D eigenvalue weighted by atomic mass is 9.76. The van der Waals surface area contributed by atoms with E-state index in [1.807, 2.05) is 0 Å². The van der Waals surface area contributed by atoms with Gasteiger partial charge in [-0.3, -0.25) is 14.4 Å². The van der Waals surface area contributed by atoms with Crippen LogP contribution in [0.5, 0.6) is 0 Å². The standard InChI is InChI=1S/C30H32Cl2N4O7S2/c1-44(39,40)35-25-8-4-5-9-26(25)36-28(23-15-12-19(31)16-24(23)32)27(21-6-2-3-7-22(21)30(36)38)29(37)34-43-17-18-10-13-20(14-11-18)45(33,41)42/h2-3,6-7,10-16,25-28,35H,4-5,8-9,17H2,1H3,(H,34,37)(H2,33,41,42)/t25-,26-,27+,28-/m0/s1. The predicted molar refractivity (Wildman–Crippen MR) is 169 cm³/mol. The summed E-state index contributed by atoms with van der Waals surface area (Å²) in [6, 6.07) is 15.2. The molecule has 1 fully saturated rings. The summed E-state index contributed by atoms with van der Waals surface area (Å²) in [6.07, 6.45) is 3.61. The third kappa shape index (κ3) is 7.51. The van der Waals surface area contributed by atoms with Crippen molar-refractivity contribution in [2.45, 2.75) is 61.2 Å². The smallest absolute Gasteiger partial charge is 0.255 e. The molecule has 1 heterocycles. The highest BCUT2D eigenvalue weighted by Gasteiger charge is 2.49. The summed E-state index contributed by atoms with van der Waals surface area (Å²) in [5, 5.41) is 5.77. The maximum Gasteiger partial charge on any atom is 0.255 e. The van der Waals surface area contributed by atoms with Crippen LogP contribution in [0.25, 0.3) is 0 Å². The lowest BCUT2D eigenvalue weighted by Gasteiger charge is -2.49. The van der Waals surface area contributed by atoms with Crippen LogP contribution >= 0.6 is 23.2 Å². The van der Waals surface area contributed by atoms with Crippen LogP contribution in [-0.4, -0.2) is 51.9 Å². The Morgan fingerprint density at radius 1 is 0.978 bits per heavy atom. The van der Waals surface area contributed by atoms with Crippen molar-refractivity contribution in [2.75, 3.05) is 6.26 Å². The predicted octanol–water partition coefficient (Wildman–Crippen LogP) is 4.03. The molecule has 45 heavy (non-hydrogen) atoms. The number of benzene rings is 3. The molecule has 0 aromatic heterocycles. The number of carbonyl (C=O) groups excluding carboxylic acids is 2. The zero-order valence-electron chi connectivity index (χ0n) is 24.2. The average molecular weight is 696 g/mol. The highest BCUT2D eigenvalue weighted by Crippen LogP contribution is 2.47. The highest BCUT2D eigenvalue weighted by atomic mass is 35.5. The third-order valence-corrected chi connectivity index (χ3v) is 10.3. The van der Waals surface area contributed by atoms with E-state index in [0.717, 1.165) is 19.1 Å². The molecule has 2 amide bonds. The fraction of sp³-hybridized carbons (Fsp3) is 0.333. The number of fused-ring (bicyclic) bond motifs is 1. The first-order chi connectivity index (χ1) is 21.2. The van der Waals surface area contributed by atoms with Crippen molar-refractivity contribution in [2.24, 2.45) is 5.14 Å². The molecule has 240 valence electrons. The number of carbonyl (C=O) groups is 2. The summed E-state index contributed by atoms with van der Waals surface area (Å²) in [7, 11) is -7.49. The molecule has 0 unspecified atom stereocenters. The number of nitrogens with zero attached hydrogens (tertiary/aromatic N) is 1. The minimum absolute atomic E-state index is 0.0621. The average Bonchev–Trinajstić information content (AvgIpc) is 2.97. The Morgan fingerprint density at radius 3 is 2.33 bits per heavy atom. The number of halogens is 2. The van der Waals surface area contributed by atoms with Crippen LogP contribution in [0, 0.1) is 0 Å². The van der Waals surface area contributed by atoms with Crippen molar-refractivity contribution < 1.29 is 31.3 Å². The lowest BCUT2D eigenvalue weighted by Crippen LogP contribution is -2.59. The van der Waals surface area contributed by atoms with E-state index in [1.165, 1.54) is 30.3 Å². The number of nitrogens with one attached hydrogen (secondary N) is 2. The molecule has 5 rings (SSSR count). The third-order valence-electron chi connectivity index (χ3n) is 8.06. The fourth-order valence-electron chi connectivity index (χ4n) is 6.16. The Hall–Kier alpha value is -3.04. The maximum atomic E-state index is 14.3. The van der Waals surface area contributed by atoms with Gasteiger partial charge >= 0.3 is 0 Å². The van der Waals surface area contributed by atoms with Crippen molar-refractivity contribution >= 4 is 55.1 Å². The Bertz CT molecular complexity index is 1820. The Morgan fingerprint density at radius 2 is 1.67 bits per heavy atom. The van der Waals surface area contributed by atoms with Crippen LogP contribution in [0.2, 0.25) is 10.0 Å². The molecule has 0 saturated heterocycles. The number of hydrogen-bond donors (Lipinski definition) is 3. The zero-order chi connectivity index (χ0) is 32.5. The Balaban J connectivity index is 1.54. The molecule has 1 aliphatic heterocycles. The van der Waals surface area contributed by atoms with Gasteiger partial charge in [0, 0.05) is 27.7 Å². The topological polar surface area (TPSA) is 165 Å². The van der Waals surface area contributed by atoms with Crippen molar-refractivity contribution in [1.82, 2.24) is 15.1 Å². The molecule has 0 bridgehead atoms. The SMILES string of the molecule is CS(=O)(=O)N[C@H]1CCCC[C@@H]1N1C(=O)c2ccccc2[C@@H](C(=O)NOCc2ccc(S(N)(=O)=O)cc2)[C@@H]1c1ccc(Cl)cc1Cl. The second kappa shape index (κ2) is 13.4. The molecule has 2 aliphatic rings. The van der Waals surface area contributed by atoms with Crippen molar-refractivity contribution in [3.8, 4) is 0 Å². The van der Waals surface area contributed by atoms with Crippen molar-refractivity contribution in [3.05, 3.63) is 99.0 Å². The molecule has 0 radical (unpaired) electrons. The quantitative estimate of drug-likeness (QED) is 0.285. The van der Waals surface area contributed by atoms with E-state index in [4.69, 9.17) is 33.2 Å². The van der Waals surface area contributed by atoms with Crippen LogP contribution in [0.3, 0.4) is 0 Å². The zero-order valence-corrected chi connectivity index (χ0v) is 27.3. The van der Waals surface area contributed by atoms with E-state index in [0.29, 0.717) is 40.1 Å². The number of hydroxylamine groups is 1. The summed E-state index contributed by atoms with van der Waals surface area (Å²) in [4.78, 5) is 35.5. The van der Waals surface area contributed by atoms with Crippen LogP contribution in [0.4, 0.5) is 0 Å². The van der Waals surface area contributed by atoms with E-state index in [-0.39, 0.29) is 22.4 Å². The molecular formula is C30H32Cl2N4O7S2. The second-order valence-corrected chi connectivity index (χ2v) is 15.4. The molecular weight excluding hydrogens is 663 g/mol. The van der Waals surface area contributed by atoms with Gasteiger partial charge in [0.1, 0.15) is 0 Å². The van der Waals surface area contributed by atoms with Gasteiger partial charge in [0.25, 0.3) is 11.8 Å². The van der Waals surface area contributed by atoms with Crippen molar-refractivity contribution in [1.29, 1.82) is 0 Å². The number of sulfonamides is 2. The monoisotopic (exact) mass is 694 g/mol. The molecule has 1 aliphatic carbocycles. The summed E-state index contributed by atoms with van der Waals surface area (Å²) in [5.41, 5.74) is 4.30.